The van der Waals surface area contributed by atoms with Crippen LogP contribution in [0.15, 0.2) is 30.6 Å². The van der Waals surface area contributed by atoms with Gasteiger partial charge in [0.2, 0.25) is 5.95 Å². The van der Waals surface area contributed by atoms with Gasteiger partial charge in [-0.25, -0.2) is 15.0 Å². The number of carbonyl (C=O) groups excluding carboxylic acids is 1. The number of aryl methyl sites for hydroxylation is 1. The summed E-state index contributed by atoms with van der Waals surface area (Å²) in [4.78, 5) is 28.6. The zero-order chi connectivity index (χ0) is 19.7. The van der Waals surface area contributed by atoms with E-state index in [1.54, 1.807) is 12.4 Å². The van der Waals surface area contributed by atoms with Crippen molar-refractivity contribution in [3.05, 3.63) is 47.3 Å². The largest absolute Gasteiger partial charge is 0.368 e. The Morgan fingerprint density at radius 3 is 2.39 bits per heavy atom. The Morgan fingerprint density at radius 2 is 1.71 bits per heavy atom. The molecule has 1 fully saturated rings. The van der Waals surface area contributed by atoms with Gasteiger partial charge in [0, 0.05) is 36.4 Å². The number of benzene rings is 1. The van der Waals surface area contributed by atoms with Crippen LogP contribution in [0.5, 0.6) is 0 Å². The third-order valence-corrected chi connectivity index (χ3v) is 5.44. The highest BCUT2D eigenvalue weighted by atomic mass is 16.2. The smallest absolute Gasteiger partial charge is 0.254 e. The van der Waals surface area contributed by atoms with Gasteiger partial charge in [-0.05, 0) is 44.4 Å². The molecule has 4 rings (SSSR count). The summed E-state index contributed by atoms with van der Waals surface area (Å²) in [6, 6.07) is 6.06. The summed E-state index contributed by atoms with van der Waals surface area (Å²) in [5.74, 6) is 0.314. The van der Waals surface area contributed by atoms with E-state index in [1.807, 2.05) is 30.9 Å². The number of pyridine rings is 1. The van der Waals surface area contributed by atoms with Crippen LogP contribution in [-0.4, -0.2) is 38.8 Å². The summed E-state index contributed by atoms with van der Waals surface area (Å²) in [5, 5.41) is 0.909. The second-order valence-corrected chi connectivity index (χ2v) is 7.52. The van der Waals surface area contributed by atoms with E-state index in [-0.39, 0.29) is 11.9 Å². The van der Waals surface area contributed by atoms with Crippen LogP contribution in [0.4, 0.5) is 5.95 Å². The SMILES string of the molecule is Cc1ccc2nc(-c3cnc(N)nc3)c(C)c(C(=O)N3CCCCCC3)c2c1. The lowest BCUT2D eigenvalue weighted by Gasteiger charge is -2.23. The fourth-order valence-electron chi connectivity index (χ4n) is 3.92. The van der Waals surface area contributed by atoms with Crippen molar-refractivity contribution in [2.24, 2.45) is 0 Å². The maximum atomic E-state index is 13.6. The molecular formula is C22H25N5O. The van der Waals surface area contributed by atoms with E-state index in [0.29, 0.717) is 0 Å². The fraction of sp³-hybridized carbons (Fsp3) is 0.364. The van der Waals surface area contributed by atoms with Crippen molar-refractivity contribution in [3.8, 4) is 11.3 Å². The Labute approximate surface area is 164 Å². The molecule has 0 radical (unpaired) electrons. The molecule has 2 N–H and O–H groups in total. The van der Waals surface area contributed by atoms with Crippen molar-refractivity contribution in [2.75, 3.05) is 18.8 Å². The second kappa shape index (κ2) is 7.54. The van der Waals surface area contributed by atoms with Gasteiger partial charge in [-0.1, -0.05) is 24.5 Å². The maximum absolute atomic E-state index is 13.6. The van der Waals surface area contributed by atoms with Gasteiger partial charge >= 0.3 is 0 Å². The van der Waals surface area contributed by atoms with E-state index in [2.05, 4.69) is 16.0 Å². The highest BCUT2D eigenvalue weighted by Crippen LogP contribution is 2.31. The van der Waals surface area contributed by atoms with Crippen molar-refractivity contribution in [2.45, 2.75) is 39.5 Å². The lowest BCUT2D eigenvalue weighted by atomic mass is 9.96. The molecule has 0 bridgehead atoms. The van der Waals surface area contributed by atoms with Crippen LogP contribution < -0.4 is 5.73 Å². The van der Waals surface area contributed by atoms with Crippen LogP contribution in [0.2, 0.25) is 0 Å². The van der Waals surface area contributed by atoms with Crippen LogP contribution in [0.25, 0.3) is 22.2 Å². The number of likely N-dealkylation sites (tertiary alicyclic amines) is 1. The number of hydrogen-bond donors (Lipinski definition) is 1. The number of amides is 1. The maximum Gasteiger partial charge on any atom is 0.254 e. The number of nitrogen functional groups attached to an aromatic ring is 1. The van der Waals surface area contributed by atoms with Crippen molar-refractivity contribution in [1.29, 1.82) is 0 Å². The highest BCUT2D eigenvalue weighted by Gasteiger charge is 2.24. The van der Waals surface area contributed by atoms with Crippen LogP contribution in [0.1, 0.15) is 47.2 Å². The predicted octanol–water partition coefficient (Wildman–Crippen LogP) is 3.91. The summed E-state index contributed by atoms with van der Waals surface area (Å²) >= 11 is 0. The van der Waals surface area contributed by atoms with Crippen molar-refractivity contribution in [1.82, 2.24) is 19.9 Å². The van der Waals surface area contributed by atoms with Crippen LogP contribution in [0, 0.1) is 13.8 Å². The highest BCUT2D eigenvalue weighted by molar-refractivity contribution is 6.09. The fourth-order valence-corrected chi connectivity index (χ4v) is 3.92. The Morgan fingerprint density at radius 1 is 1.04 bits per heavy atom. The summed E-state index contributed by atoms with van der Waals surface area (Å²) in [7, 11) is 0. The first-order chi connectivity index (χ1) is 13.5. The molecule has 0 unspecified atom stereocenters. The molecule has 6 nitrogen and oxygen atoms in total. The average Bonchev–Trinajstić information content (AvgIpc) is 2.97. The molecule has 3 heterocycles. The summed E-state index contributed by atoms with van der Waals surface area (Å²) in [6.07, 6.45) is 7.83. The monoisotopic (exact) mass is 375 g/mol. The van der Waals surface area contributed by atoms with Gasteiger partial charge in [0.15, 0.2) is 0 Å². The normalized spacial score (nSPS) is 14.9. The molecule has 1 saturated heterocycles. The number of nitrogens with two attached hydrogens (primary N) is 1. The topological polar surface area (TPSA) is 85.0 Å². The zero-order valence-electron chi connectivity index (χ0n) is 16.4. The van der Waals surface area contributed by atoms with E-state index in [9.17, 15) is 4.79 Å². The molecular weight excluding hydrogens is 350 g/mol. The molecule has 1 aliphatic heterocycles. The first-order valence-corrected chi connectivity index (χ1v) is 9.83. The molecule has 1 aliphatic rings. The molecule has 1 amide bonds. The van der Waals surface area contributed by atoms with Gasteiger partial charge in [0.1, 0.15) is 0 Å². The van der Waals surface area contributed by atoms with Crippen LogP contribution in [0.3, 0.4) is 0 Å². The van der Waals surface area contributed by atoms with E-state index in [0.717, 1.165) is 64.8 Å². The standard InChI is InChI=1S/C22H25N5O/c1-14-7-8-18-17(11-14)19(21(28)27-9-5-3-4-6-10-27)15(2)20(26-18)16-12-24-22(23)25-13-16/h7-8,11-13H,3-6,9-10H2,1-2H3,(H2,23,24,25). The minimum absolute atomic E-state index is 0.0926. The van der Waals surface area contributed by atoms with Crippen molar-refractivity contribution in [3.63, 3.8) is 0 Å². The molecule has 0 saturated carbocycles. The molecule has 2 aromatic heterocycles. The molecule has 0 spiro atoms. The van der Waals surface area contributed by atoms with E-state index in [4.69, 9.17) is 10.7 Å². The van der Waals surface area contributed by atoms with Gasteiger partial charge in [-0.15, -0.1) is 0 Å². The Bertz CT molecular complexity index is 1020. The lowest BCUT2D eigenvalue weighted by Crippen LogP contribution is -2.32. The zero-order valence-corrected chi connectivity index (χ0v) is 16.4. The summed E-state index contributed by atoms with van der Waals surface area (Å²) < 4.78 is 0. The van der Waals surface area contributed by atoms with Gasteiger partial charge in [-0.3, -0.25) is 4.79 Å². The van der Waals surface area contributed by atoms with Crippen LogP contribution in [-0.2, 0) is 0 Å². The van der Waals surface area contributed by atoms with E-state index < -0.39 is 0 Å². The number of carbonyl (C=O) groups is 1. The number of nitrogens with zero attached hydrogens (tertiary/aromatic N) is 4. The van der Waals surface area contributed by atoms with Gasteiger partial charge in [0.25, 0.3) is 5.91 Å². The minimum atomic E-state index is 0.0926. The number of fused-ring (bicyclic) bond motifs is 1. The first-order valence-electron chi connectivity index (χ1n) is 9.83. The van der Waals surface area contributed by atoms with Gasteiger partial charge in [0.05, 0.1) is 16.8 Å². The Hall–Kier alpha value is -3.02. The molecule has 1 aromatic carbocycles. The van der Waals surface area contributed by atoms with E-state index >= 15 is 0 Å². The number of anilines is 1. The quantitative estimate of drug-likeness (QED) is 0.734. The Kier molecular flexibility index (Phi) is 4.94. The molecule has 28 heavy (non-hydrogen) atoms. The summed E-state index contributed by atoms with van der Waals surface area (Å²) in [5.41, 5.74) is 10.7. The molecule has 0 aliphatic carbocycles. The first kappa shape index (κ1) is 18.3. The third-order valence-electron chi connectivity index (χ3n) is 5.44. The molecule has 0 atom stereocenters. The number of hydrogen-bond acceptors (Lipinski definition) is 5. The predicted molar refractivity (Wildman–Crippen MR) is 111 cm³/mol. The summed E-state index contributed by atoms with van der Waals surface area (Å²) in [6.45, 7) is 5.63. The van der Waals surface area contributed by atoms with E-state index in [1.165, 1.54) is 12.8 Å². The molecule has 144 valence electrons. The van der Waals surface area contributed by atoms with Crippen molar-refractivity contribution >= 4 is 22.8 Å². The Balaban J connectivity index is 1.91. The van der Waals surface area contributed by atoms with Crippen LogP contribution >= 0.6 is 0 Å². The molecule has 3 aromatic rings. The second-order valence-electron chi connectivity index (χ2n) is 7.52. The van der Waals surface area contributed by atoms with Gasteiger partial charge in [-0.2, -0.15) is 0 Å². The minimum Gasteiger partial charge on any atom is -0.368 e. The molecule has 6 heteroatoms. The third kappa shape index (κ3) is 3.42. The lowest BCUT2D eigenvalue weighted by molar-refractivity contribution is 0.0763. The van der Waals surface area contributed by atoms with Gasteiger partial charge < -0.3 is 10.6 Å². The number of aromatic nitrogens is 3. The van der Waals surface area contributed by atoms with Crippen molar-refractivity contribution < 1.29 is 4.79 Å². The average molecular weight is 375 g/mol. The number of rotatable bonds is 2.